The van der Waals surface area contributed by atoms with Gasteiger partial charge in [-0.15, -0.1) is 0 Å². The molecule has 112 valence electrons. The first-order valence-electron chi connectivity index (χ1n) is 6.97. The van der Waals surface area contributed by atoms with Gasteiger partial charge < -0.3 is 9.63 Å². The first kappa shape index (κ1) is 14.6. The molecule has 1 N–H and O–H groups in total. The van der Waals surface area contributed by atoms with Crippen LogP contribution in [0.4, 0.5) is 0 Å². The molecule has 2 atom stereocenters. The molecule has 1 aliphatic carbocycles. The van der Waals surface area contributed by atoms with Crippen LogP contribution in [0.5, 0.6) is 0 Å². The van der Waals surface area contributed by atoms with Gasteiger partial charge in [-0.1, -0.05) is 28.9 Å². The number of nitriles is 1. The number of carboxylic acids is 1. The summed E-state index contributed by atoms with van der Waals surface area (Å²) in [5.74, 6) is -1.31. The van der Waals surface area contributed by atoms with Crippen molar-refractivity contribution in [3.8, 4) is 17.3 Å². The highest BCUT2D eigenvalue weighted by Crippen LogP contribution is 2.39. The van der Waals surface area contributed by atoms with Gasteiger partial charge in [-0.3, -0.25) is 4.79 Å². The molecule has 0 saturated heterocycles. The van der Waals surface area contributed by atoms with Crippen LogP contribution in [-0.4, -0.2) is 16.2 Å². The monoisotopic (exact) mass is 316 g/mol. The molecule has 0 saturated carbocycles. The lowest BCUT2D eigenvalue weighted by Gasteiger charge is -2.08. The summed E-state index contributed by atoms with van der Waals surface area (Å²) in [7, 11) is 0. The molecule has 0 amide bonds. The molecule has 5 nitrogen and oxygen atoms in total. The Balaban J connectivity index is 2.07. The quantitative estimate of drug-likeness (QED) is 0.855. The minimum Gasteiger partial charge on any atom is -0.481 e. The maximum atomic E-state index is 11.3. The molecule has 0 radical (unpaired) electrons. The third kappa shape index (κ3) is 2.58. The summed E-state index contributed by atoms with van der Waals surface area (Å²) in [6, 6.07) is 9.37. The minimum absolute atomic E-state index is 0.267. The number of halogens is 1. The normalized spacial score (nSPS) is 20.7. The van der Waals surface area contributed by atoms with Gasteiger partial charge in [0.05, 0.1) is 17.9 Å². The summed E-state index contributed by atoms with van der Waals surface area (Å²) in [5.41, 5.74) is 2.13. The van der Waals surface area contributed by atoms with Crippen molar-refractivity contribution >= 4 is 17.6 Å². The van der Waals surface area contributed by atoms with Crippen LogP contribution in [0.3, 0.4) is 0 Å². The van der Waals surface area contributed by atoms with E-state index >= 15 is 0 Å². The lowest BCUT2D eigenvalue weighted by molar-refractivity contribution is -0.142. The van der Waals surface area contributed by atoms with Crippen LogP contribution in [0.15, 0.2) is 28.8 Å². The largest absolute Gasteiger partial charge is 0.481 e. The molecule has 22 heavy (non-hydrogen) atoms. The number of aromatic nitrogens is 1. The van der Waals surface area contributed by atoms with Crippen molar-refractivity contribution in [2.24, 2.45) is 5.92 Å². The maximum Gasteiger partial charge on any atom is 0.306 e. The second-order valence-corrected chi connectivity index (χ2v) is 5.81. The van der Waals surface area contributed by atoms with E-state index < -0.39 is 17.8 Å². The van der Waals surface area contributed by atoms with Crippen molar-refractivity contribution in [2.45, 2.75) is 25.2 Å². The second-order valence-electron chi connectivity index (χ2n) is 5.37. The van der Waals surface area contributed by atoms with Gasteiger partial charge in [0, 0.05) is 22.6 Å². The molecule has 1 aliphatic rings. The topological polar surface area (TPSA) is 87.1 Å². The van der Waals surface area contributed by atoms with Crippen molar-refractivity contribution in [2.75, 3.05) is 0 Å². The fraction of sp³-hybridized carbons (Fsp3) is 0.312. The van der Waals surface area contributed by atoms with Crippen molar-refractivity contribution < 1.29 is 14.4 Å². The number of hydrogen-bond acceptors (Lipinski definition) is 4. The van der Waals surface area contributed by atoms with Gasteiger partial charge in [-0.25, -0.2) is 0 Å². The number of aliphatic carboxylic acids is 1. The Kier molecular flexibility index (Phi) is 3.86. The Morgan fingerprint density at radius 2 is 2.09 bits per heavy atom. The predicted molar refractivity (Wildman–Crippen MR) is 79.4 cm³/mol. The average Bonchev–Trinajstić information content (AvgIpc) is 2.82. The molecule has 0 spiro atoms. The summed E-state index contributed by atoms with van der Waals surface area (Å²) >= 11 is 5.89. The summed E-state index contributed by atoms with van der Waals surface area (Å²) in [6.45, 7) is 0. The van der Waals surface area contributed by atoms with Gasteiger partial charge in [-0.05, 0) is 25.0 Å². The van der Waals surface area contributed by atoms with E-state index in [1.54, 1.807) is 12.1 Å². The maximum absolute atomic E-state index is 11.3. The third-order valence-electron chi connectivity index (χ3n) is 4.01. The van der Waals surface area contributed by atoms with Gasteiger partial charge >= 0.3 is 5.97 Å². The number of hydrogen-bond donors (Lipinski definition) is 1. The number of rotatable bonds is 2. The molecule has 0 bridgehead atoms. The highest BCUT2D eigenvalue weighted by atomic mass is 35.5. The van der Waals surface area contributed by atoms with Gasteiger partial charge in [0.2, 0.25) is 0 Å². The summed E-state index contributed by atoms with van der Waals surface area (Å²) in [6.07, 6.45) is 1.21. The molecule has 1 aromatic carbocycles. The van der Waals surface area contributed by atoms with Crippen LogP contribution < -0.4 is 0 Å². The van der Waals surface area contributed by atoms with E-state index in [1.165, 1.54) is 0 Å². The summed E-state index contributed by atoms with van der Waals surface area (Å²) in [4.78, 5) is 11.3. The van der Waals surface area contributed by atoms with Gasteiger partial charge in [0.15, 0.2) is 0 Å². The van der Waals surface area contributed by atoms with Crippen molar-refractivity contribution in [1.82, 2.24) is 5.16 Å². The van der Waals surface area contributed by atoms with Crippen LogP contribution in [-0.2, 0) is 11.2 Å². The zero-order valence-corrected chi connectivity index (χ0v) is 12.4. The van der Waals surface area contributed by atoms with Crippen molar-refractivity contribution in [1.29, 1.82) is 5.26 Å². The summed E-state index contributed by atoms with van der Waals surface area (Å²) < 4.78 is 5.37. The number of carbonyl (C=O) groups is 1. The molecular formula is C16H13ClN2O3. The highest BCUT2D eigenvalue weighted by Gasteiger charge is 2.33. The van der Waals surface area contributed by atoms with E-state index in [2.05, 4.69) is 11.2 Å². The molecule has 0 fully saturated rings. The zero-order chi connectivity index (χ0) is 15.7. The summed E-state index contributed by atoms with van der Waals surface area (Å²) in [5, 5.41) is 23.4. The third-order valence-corrected chi connectivity index (χ3v) is 4.26. The fourth-order valence-electron chi connectivity index (χ4n) is 2.83. The van der Waals surface area contributed by atoms with E-state index in [0.717, 1.165) is 5.56 Å². The van der Waals surface area contributed by atoms with E-state index in [9.17, 15) is 15.2 Å². The standard InChI is InChI=1S/C16H13ClN2O3/c17-12-5-3-9(4-6-12)15-14-11(8-18)2-1-10(16(20)21)7-13(14)22-19-15/h3-6,10-11H,1-2,7H2,(H,20,21)/t10-,11+/m1/s1. The van der Waals surface area contributed by atoms with Crippen LogP contribution in [0.1, 0.15) is 30.1 Å². The highest BCUT2D eigenvalue weighted by molar-refractivity contribution is 6.30. The van der Waals surface area contributed by atoms with Gasteiger partial charge in [-0.2, -0.15) is 5.26 Å². The smallest absolute Gasteiger partial charge is 0.306 e. The first-order chi connectivity index (χ1) is 10.6. The lowest BCUT2D eigenvalue weighted by Crippen LogP contribution is -2.15. The Bertz CT molecular complexity index is 746. The first-order valence-corrected chi connectivity index (χ1v) is 7.34. The number of fused-ring (bicyclic) bond motifs is 1. The number of benzene rings is 1. The minimum atomic E-state index is -0.867. The van der Waals surface area contributed by atoms with E-state index in [0.29, 0.717) is 34.9 Å². The lowest BCUT2D eigenvalue weighted by atomic mass is 9.93. The molecule has 2 aromatic rings. The molecule has 1 aromatic heterocycles. The van der Waals surface area contributed by atoms with E-state index in [-0.39, 0.29) is 6.42 Å². The van der Waals surface area contributed by atoms with Crippen LogP contribution in [0, 0.1) is 17.2 Å². The second kappa shape index (κ2) is 5.82. The van der Waals surface area contributed by atoms with Crippen LogP contribution >= 0.6 is 11.6 Å². The Morgan fingerprint density at radius 1 is 1.36 bits per heavy atom. The van der Waals surface area contributed by atoms with Crippen molar-refractivity contribution in [3.63, 3.8) is 0 Å². The fourth-order valence-corrected chi connectivity index (χ4v) is 2.96. The molecule has 0 aliphatic heterocycles. The van der Waals surface area contributed by atoms with E-state index in [4.69, 9.17) is 16.1 Å². The Labute approximate surface area is 132 Å². The van der Waals surface area contributed by atoms with Gasteiger partial charge in [0.25, 0.3) is 0 Å². The number of carboxylic acid groups (broad SMARTS) is 1. The van der Waals surface area contributed by atoms with Crippen molar-refractivity contribution in [3.05, 3.63) is 40.6 Å². The Morgan fingerprint density at radius 3 is 2.73 bits per heavy atom. The molecule has 1 heterocycles. The van der Waals surface area contributed by atoms with E-state index in [1.807, 2.05) is 12.1 Å². The molecule has 0 unspecified atom stereocenters. The number of nitrogens with zero attached hydrogens (tertiary/aromatic N) is 2. The molecule has 3 rings (SSSR count). The van der Waals surface area contributed by atoms with Crippen LogP contribution in [0.2, 0.25) is 5.02 Å². The predicted octanol–water partition coefficient (Wildman–Crippen LogP) is 3.64. The SMILES string of the molecule is N#C[C@@H]1CC[C@@H](C(=O)O)Cc2onc(-c3ccc(Cl)cc3)c21. The average molecular weight is 317 g/mol. The zero-order valence-electron chi connectivity index (χ0n) is 11.6. The Hall–Kier alpha value is -2.32. The van der Waals surface area contributed by atoms with Crippen LogP contribution in [0.25, 0.3) is 11.3 Å². The molecule has 6 heteroatoms. The van der Waals surface area contributed by atoms with Gasteiger partial charge in [0.1, 0.15) is 11.5 Å². The molecular weight excluding hydrogens is 304 g/mol.